The van der Waals surface area contributed by atoms with E-state index in [2.05, 4.69) is 34.5 Å². The van der Waals surface area contributed by atoms with Crippen molar-refractivity contribution < 1.29 is 22.7 Å². The van der Waals surface area contributed by atoms with Crippen LogP contribution in [-0.2, 0) is 24.1 Å². The molecule has 4 aromatic carbocycles. The molecule has 45 heavy (non-hydrogen) atoms. The fourth-order valence-electron chi connectivity index (χ4n) is 5.59. The predicted molar refractivity (Wildman–Crippen MR) is 173 cm³/mol. The van der Waals surface area contributed by atoms with Crippen molar-refractivity contribution in [3.05, 3.63) is 137 Å². The minimum atomic E-state index is -4.54. The summed E-state index contributed by atoms with van der Waals surface area (Å²) in [5.74, 6) is 0.609. The largest absolute Gasteiger partial charge is 0.493 e. The van der Waals surface area contributed by atoms with E-state index in [1.165, 1.54) is 6.07 Å². The fourth-order valence-corrected chi connectivity index (χ4v) is 5.88. The van der Waals surface area contributed by atoms with Gasteiger partial charge in [0.1, 0.15) is 12.3 Å². The molecule has 0 saturated heterocycles. The van der Waals surface area contributed by atoms with E-state index in [1.54, 1.807) is 13.1 Å². The maximum absolute atomic E-state index is 13.7. The molecule has 1 aromatic heterocycles. The van der Waals surface area contributed by atoms with E-state index in [-0.39, 0.29) is 29.9 Å². The molecule has 0 spiro atoms. The van der Waals surface area contributed by atoms with Crippen molar-refractivity contribution in [1.82, 2.24) is 14.8 Å². The molecule has 0 saturated carbocycles. The number of amides is 1. The lowest BCUT2D eigenvalue weighted by molar-refractivity contribution is -0.137. The molecule has 1 N–H and O–H groups in total. The van der Waals surface area contributed by atoms with Gasteiger partial charge in [0.25, 0.3) is 0 Å². The zero-order valence-corrected chi connectivity index (χ0v) is 25.7. The van der Waals surface area contributed by atoms with E-state index in [1.807, 2.05) is 71.4 Å². The SMILES string of the molecule is CNC(=O)Cn1ccc2c(OCCCN(Cc3cccc(C(F)(F)F)c3Cl)CC(c3ccccc3)c3ccccc3)cccc21. The van der Waals surface area contributed by atoms with Crippen LogP contribution in [0.1, 0.15) is 34.6 Å². The van der Waals surface area contributed by atoms with Crippen LogP contribution >= 0.6 is 11.6 Å². The van der Waals surface area contributed by atoms with Crippen LogP contribution in [0.2, 0.25) is 5.02 Å². The Morgan fingerprint density at radius 3 is 2.22 bits per heavy atom. The topological polar surface area (TPSA) is 46.5 Å². The molecule has 5 nitrogen and oxygen atoms in total. The molecule has 9 heteroatoms. The van der Waals surface area contributed by atoms with E-state index in [0.717, 1.165) is 28.1 Å². The molecule has 0 bridgehead atoms. The zero-order valence-electron chi connectivity index (χ0n) is 24.9. The predicted octanol–water partition coefficient (Wildman–Crippen LogP) is 8.16. The Kier molecular flexibility index (Phi) is 10.5. The molecule has 0 aliphatic carbocycles. The van der Waals surface area contributed by atoms with Gasteiger partial charge in [0.05, 0.1) is 22.7 Å². The van der Waals surface area contributed by atoms with Crippen LogP contribution in [0, 0.1) is 0 Å². The van der Waals surface area contributed by atoms with Gasteiger partial charge in [-0.2, -0.15) is 13.2 Å². The molecule has 0 fully saturated rings. The number of carbonyl (C=O) groups excluding carboxylic acids is 1. The van der Waals surface area contributed by atoms with Gasteiger partial charge in [-0.1, -0.05) is 90.5 Å². The highest BCUT2D eigenvalue weighted by atomic mass is 35.5. The van der Waals surface area contributed by atoms with Gasteiger partial charge in [-0.25, -0.2) is 0 Å². The van der Waals surface area contributed by atoms with Crippen LogP contribution in [-0.4, -0.2) is 42.1 Å². The molecule has 0 unspecified atom stereocenters. The molecule has 0 aliphatic rings. The van der Waals surface area contributed by atoms with Gasteiger partial charge < -0.3 is 14.6 Å². The monoisotopic (exact) mass is 633 g/mol. The Labute approximate surface area is 266 Å². The first kappa shape index (κ1) is 32.1. The van der Waals surface area contributed by atoms with Gasteiger partial charge in [0, 0.05) is 44.2 Å². The lowest BCUT2D eigenvalue weighted by atomic mass is 9.90. The highest BCUT2D eigenvalue weighted by Gasteiger charge is 2.34. The number of fused-ring (bicyclic) bond motifs is 1. The Balaban J connectivity index is 1.36. The van der Waals surface area contributed by atoms with Crippen molar-refractivity contribution in [3.63, 3.8) is 0 Å². The van der Waals surface area contributed by atoms with E-state index in [0.29, 0.717) is 37.4 Å². The third kappa shape index (κ3) is 8.07. The normalized spacial score (nSPS) is 11.8. The zero-order chi connectivity index (χ0) is 31.8. The van der Waals surface area contributed by atoms with Crippen molar-refractivity contribution in [2.75, 3.05) is 26.7 Å². The number of carbonyl (C=O) groups is 1. The second-order valence-corrected chi connectivity index (χ2v) is 11.3. The number of aromatic nitrogens is 1. The van der Waals surface area contributed by atoms with E-state index < -0.39 is 11.7 Å². The lowest BCUT2D eigenvalue weighted by Crippen LogP contribution is -2.31. The lowest BCUT2D eigenvalue weighted by Gasteiger charge is -2.29. The summed E-state index contributed by atoms with van der Waals surface area (Å²) in [4.78, 5) is 14.1. The molecule has 1 heterocycles. The third-order valence-corrected chi connectivity index (χ3v) is 8.31. The summed E-state index contributed by atoms with van der Waals surface area (Å²) >= 11 is 6.35. The molecule has 5 rings (SSSR count). The van der Waals surface area contributed by atoms with Crippen LogP contribution in [0.15, 0.2) is 109 Å². The number of rotatable bonds is 13. The summed E-state index contributed by atoms with van der Waals surface area (Å²) in [6.07, 6.45) is -2.05. The van der Waals surface area contributed by atoms with Crippen molar-refractivity contribution in [2.24, 2.45) is 0 Å². The number of benzene rings is 4. The maximum Gasteiger partial charge on any atom is 0.417 e. The highest BCUT2D eigenvalue weighted by molar-refractivity contribution is 6.32. The van der Waals surface area contributed by atoms with Crippen molar-refractivity contribution in [2.45, 2.75) is 31.6 Å². The average molecular weight is 634 g/mol. The number of nitrogens with zero attached hydrogens (tertiary/aromatic N) is 2. The van der Waals surface area contributed by atoms with Gasteiger partial charge >= 0.3 is 6.18 Å². The number of ether oxygens (including phenoxy) is 1. The Morgan fingerprint density at radius 2 is 1.58 bits per heavy atom. The minimum Gasteiger partial charge on any atom is -0.493 e. The number of nitrogens with one attached hydrogen (secondary N) is 1. The quantitative estimate of drug-likeness (QED) is 0.133. The summed E-state index contributed by atoms with van der Waals surface area (Å²) in [7, 11) is 1.61. The first-order valence-corrected chi connectivity index (χ1v) is 15.2. The van der Waals surface area contributed by atoms with E-state index >= 15 is 0 Å². The van der Waals surface area contributed by atoms with Crippen LogP contribution in [0.4, 0.5) is 13.2 Å². The summed E-state index contributed by atoms with van der Waals surface area (Å²) in [6, 6.07) is 32.0. The van der Waals surface area contributed by atoms with Crippen LogP contribution in [0.25, 0.3) is 10.9 Å². The van der Waals surface area contributed by atoms with Gasteiger partial charge in [-0.3, -0.25) is 9.69 Å². The number of likely N-dealkylation sites (N-methyl/N-ethyl adjacent to an activating group) is 1. The van der Waals surface area contributed by atoms with E-state index in [9.17, 15) is 18.0 Å². The van der Waals surface area contributed by atoms with Gasteiger partial charge in [0.15, 0.2) is 0 Å². The molecular weight excluding hydrogens is 599 g/mol. The summed E-state index contributed by atoms with van der Waals surface area (Å²) in [5.41, 5.74) is 2.73. The maximum atomic E-state index is 13.7. The Morgan fingerprint density at radius 1 is 0.911 bits per heavy atom. The van der Waals surface area contributed by atoms with E-state index in [4.69, 9.17) is 16.3 Å². The standard InChI is InChI=1S/C36H35ClF3N3O2/c1-41-34(44)25-43-21-19-29-32(43)17-9-18-33(29)45-22-10-20-42(23-28-15-8-16-31(35(28)37)36(38,39)40)24-30(26-11-4-2-5-12-26)27-13-6-3-7-14-27/h2-9,11-19,21,30H,10,20,22-25H2,1H3,(H,41,44). The Hall–Kier alpha value is -4.27. The van der Waals surface area contributed by atoms with Crippen molar-refractivity contribution in [3.8, 4) is 5.75 Å². The van der Waals surface area contributed by atoms with Crippen LogP contribution < -0.4 is 10.1 Å². The second-order valence-electron chi connectivity index (χ2n) is 10.9. The molecule has 234 valence electrons. The smallest absolute Gasteiger partial charge is 0.417 e. The Bertz CT molecular complexity index is 1670. The number of halogens is 4. The highest BCUT2D eigenvalue weighted by Crippen LogP contribution is 2.37. The third-order valence-electron chi connectivity index (χ3n) is 7.87. The first-order chi connectivity index (χ1) is 21.7. The van der Waals surface area contributed by atoms with Crippen LogP contribution in [0.3, 0.4) is 0 Å². The molecule has 1 amide bonds. The van der Waals surface area contributed by atoms with Crippen LogP contribution in [0.5, 0.6) is 5.75 Å². The molecule has 5 aromatic rings. The van der Waals surface area contributed by atoms with Gasteiger partial charge in [0.2, 0.25) is 5.91 Å². The van der Waals surface area contributed by atoms with Crippen molar-refractivity contribution >= 4 is 28.4 Å². The number of alkyl halides is 3. The number of hydrogen-bond acceptors (Lipinski definition) is 3. The summed E-state index contributed by atoms with van der Waals surface area (Å²) in [6.45, 7) is 1.99. The average Bonchev–Trinajstić information content (AvgIpc) is 3.46. The first-order valence-electron chi connectivity index (χ1n) is 14.8. The molecule has 0 atom stereocenters. The van der Waals surface area contributed by atoms with Crippen molar-refractivity contribution in [1.29, 1.82) is 0 Å². The minimum absolute atomic E-state index is 0.00766. The number of hydrogen-bond donors (Lipinski definition) is 1. The molecule has 0 radical (unpaired) electrons. The second kappa shape index (κ2) is 14.7. The molecule has 0 aliphatic heterocycles. The summed E-state index contributed by atoms with van der Waals surface area (Å²) in [5, 5.41) is 3.28. The van der Waals surface area contributed by atoms with Gasteiger partial charge in [-0.05, 0) is 47.4 Å². The molecular formula is C36H35ClF3N3O2. The fraction of sp³-hybridized carbons (Fsp3) is 0.250. The van der Waals surface area contributed by atoms with Gasteiger partial charge in [-0.15, -0.1) is 0 Å². The summed E-state index contributed by atoms with van der Waals surface area (Å²) < 4.78 is 49.1.